The van der Waals surface area contributed by atoms with Gasteiger partial charge in [0.25, 0.3) is 0 Å². The smallest absolute Gasteiger partial charge is 0.144 e. The summed E-state index contributed by atoms with van der Waals surface area (Å²) in [7, 11) is 3.06. The van der Waals surface area contributed by atoms with Gasteiger partial charge in [-0.25, -0.2) is 4.98 Å². The number of halogens is 2. The van der Waals surface area contributed by atoms with Crippen LogP contribution in [0.4, 0.5) is 17.2 Å². The molecule has 0 saturated heterocycles. The number of nitrogen functional groups attached to an aromatic ring is 1. The topological polar surface area (TPSA) is 93.2 Å². The van der Waals surface area contributed by atoms with Crippen LogP contribution in [0.1, 0.15) is 5.56 Å². The molecule has 3 aromatic rings. The van der Waals surface area contributed by atoms with Crippen molar-refractivity contribution < 1.29 is 9.47 Å². The van der Waals surface area contributed by atoms with Gasteiger partial charge in [-0.05, 0) is 24.3 Å². The van der Waals surface area contributed by atoms with Crippen LogP contribution in [0.3, 0.4) is 0 Å². The van der Waals surface area contributed by atoms with Crippen molar-refractivity contribution in [1.82, 2.24) is 4.98 Å². The largest absolute Gasteiger partial charge is 0.497 e. The van der Waals surface area contributed by atoms with E-state index in [-0.39, 0.29) is 11.4 Å². The molecule has 132 valence electrons. The SMILES string of the molecule is COc1ccc2nc(N)c(C#N)c(Nc3cc(OC)c(Cl)cc3Cl)c2c1. The number of hydrogen-bond acceptors (Lipinski definition) is 6. The third-order valence-corrected chi connectivity index (χ3v) is 4.44. The van der Waals surface area contributed by atoms with E-state index in [0.717, 1.165) is 0 Å². The van der Waals surface area contributed by atoms with Crippen LogP contribution in [0, 0.1) is 11.3 Å². The molecule has 0 bridgehead atoms. The molecule has 8 heteroatoms. The van der Waals surface area contributed by atoms with Crippen LogP contribution in [0.15, 0.2) is 30.3 Å². The first kappa shape index (κ1) is 17.9. The predicted octanol–water partition coefficient (Wildman–Crippen LogP) is 4.76. The van der Waals surface area contributed by atoms with Gasteiger partial charge in [0.05, 0.1) is 41.2 Å². The standard InChI is InChI=1S/C18H14Cl2N4O2/c1-25-9-3-4-14-10(5-9)17(11(8-21)18(22)24-14)23-15-7-16(26-2)13(20)6-12(15)19/h3-7H,1-2H3,(H3,22,23,24). The lowest BCUT2D eigenvalue weighted by molar-refractivity contribution is 0.415. The first-order valence-electron chi connectivity index (χ1n) is 7.45. The molecule has 26 heavy (non-hydrogen) atoms. The molecule has 0 fully saturated rings. The lowest BCUT2D eigenvalue weighted by Gasteiger charge is -2.16. The summed E-state index contributed by atoms with van der Waals surface area (Å²) >= 11 is 12.4. The van der Waals surface area contributed by atoms with Gasteiger partial charge in [0.1, 0.15) is 28.9 Å². The predicted molar refractivity (Wildman–Crippen MR) is 104 cm³/mol. The summed E-state index contributed by atoms with van der Waals surface area (Å²) < 4.78 is 10.5. The zero-order valence-corrected chi connectivity index (χ0v) is 15.4. The number of pyridine rings is 1. The van der Waals surface area contributed by atoms with Crippen molar-refractivity contribution in [2.45, 2.75) is 0 Å². The molecule has 3 rings (SSSR count). The Bertz CT molecular complexity index is 1050. The quantitative estimate of drug-likeness (QED) is 0.669. The number of methoxy groups -OCH3 is 2. The van der Waals surface area contributed by atoms with Gasteiger partial charge in [0.15, 0.2) is 0 Å². The second-order valence-electron chi connectivity index (χ2n) is 5.33. The molecule has 0 aliphatic heterocycles. The number of ether oxygens (including phenoxy) is 2. The van der Waals surface area contributed by atoms with Crippen molar-refractivity contribution in [2.75, 3.05) is 25.3 Å². The second kappa shape index (κ2) is 7.16. The minimum absolute atomic E-state index is 0.115. The number of benzene rings is 2. The third kappa shape index (κ3) is 3.15. The Morgan fingerprint density at radius 2 is 1.88 bits per heavy atom. The first-order valence-corrected chi connectivity index (χ1v) is 8.21. The molecule has 1 heterocycles. The van der Waals surface area contributed by atoms with E-state index in [2.05, 4.69) is 16.4 Å². The lowest BCUT2D eigenvalue weighted by atomic mass is 10.1. The van der Waals surface area contributed by atoms with Crippen molar-refractivity contribution in [3.05, 3.63) is 45.9 Å². The monoisotopic (exact) mass is 388 g/mol. The van der Waals surface area contributed by atoms with Crippen molar-refractivity contribution in [3.63, 3.8) is 0 Å². The molecule has 6 nitrogen and oxygen atoms in total. The highest BCUT2D eigenvalue weighted by atomic mass is 35.5. The average molecular weight is 389 g/mol. The van der Waals surface area contributed by atoms with Gasteiger partial charge in [-0.2, -0.15) is 5.26 Å². The van der Waals surface area contributed by atoms with Gasteiger partial charge in [-0.3, -0.25) is 0 Å². The molecule has 0 atom stereocenters. The average Bonchev–Trinajstić information content (AvgIpc) is 2.63. The van der Waals surface area contributed by atoms with Crippen LogP contribution in [0.25, 0.3) is 10.9 Å². The number of nitrogens with one attached hydrogen (secondary N) is 1. The maximum absolute atomic E-state index is 9.56. The first-order chi connectivity index (χ1) is 12.5. The minimum atomic E-state index is 0.115. The van der Waals surface area contributed by atoms with Crippen LogP contribution in [-0.4, -0.2) is 19.2 Å². The van der Waals surface area contributed by atoms with Crippen LogP contribution in [0.2, 0.25) is 10.0 Å². The number of rotatable bonds is 4. The number of nitrogens with two attached hydrogens (primary N) is 1. The summed E-state index contributed by atoms with van der Waals surface area (Å²) in [6, 6.07) is 10.6. The number of fused-ring (bicyclic) bond motifs is 1. The summed E-state index contributed by atoms with van der Waals surface area (Å²) in [6.45, 7) is 0. The van der Waals surface area contributed by atoms with Crippen LogP contribution in [-0.2, 0) is 0 Å². The Labute approximate surface area is 160 Å². The van der Waals surface area contributed by atoms with Crippen molar-refractivity contribution in [1.29, 1.82) is 5.26 Å². The Morgan fingerprint density at radius 1 is 1.12 bits per heavy atom. The highest BCUT2D eigenvalue weighted by Crippen LogP contribution is 2.39. The fraction of sp³-hybridized carbons (Fsp3) is 0.111. The number of nitrogens with zero attached hydrogens (tertiary/aromatic N) is 2. The van der Waals surface area contributed by atoms with Crippen LogP contribution < -0.4 is 20.5 Å². The fourth-order valence-corrected chi connectivity index (χ4v) is 3.05. The third-order valence-electron chi connectivity index (χ3n) is 3.83. The summed E-state index contributed by atoms with van der Waals surface area (Å²) in [4.78, 5) is 4.28. The zero-order valence-electron chi connectivity index (χ0n) is 13.9. The van der Waals surface area contributed by atoms with Crippen molar-refractivity contribution in [2.24, 2.45) is 0 Å². The van der Waals surface area contributed by atoms with E-state index in [1.54, 1.807) is 37.4 Å². The van der Waals surface area contributed by atoms with Gasteiger partial charge in [0, 0.05) is 11.5 Å². The zero-order chi connectivity index (χ0) is 18.8. The van der Waals surface area contributed by atoms with E-state index in [1.165, 1.54) is 7.11 Å². The number of hydrogen-bond donors (Lipinski definition) is 2. The fourth-order valence-electron chi connectivity index (χ4n) is 2.55. The van der Waals surface area contributed by atoms with Gasteiger partial charge in [-0.15, -0.1) is 0 Å². The van der Waals surface area contributed by atoms with Crippen molar-refractivity contribution >= 4 is 51.3 Å². The molecular formula is C18H14Cl2N4O2. The molecule has 0 aliphatic rings. The Kier molecular flexibility index (Phi) is 4.94. The Morgan fingerprint density at radius 3 is 2.54 bits per heavy atom. The maximum atomic E-state index is 9.56. The van der Waals surface area contributed by atoms with E-state index in [1.807, 2.05) is 0 Å². The van der Waals surface area contributed by atoms with Crippen molar-refractivity contribution in [3.8, 4) is 17.6 Å². The normalized spacial score (nSPS) is 10.4. The molecule has 0 spiro atoms. The molecule has 0 aliphatic carbocycles. The molecule has 2 aromatic carbocycles. The van der Waals surface area contributed by atoms with E-state index in [9.17, 15) is 5.26 Å². The van der Waals surface area contributed by atoms with Gasteiger partial charge >= 0.3 is 0 Å². The molecular weight excluding hydrogens is 375 g/mol. The maximum Gasteiger partial charge on any atom is 0.144 e. The minimum Gasteiger partial charge on any atom is -0.497 e. The van der Waals surface area contributed by atoms with E-state index in [4.69, 9.17) is 38.4 Å². The van der Waals surface area contributed by atoms with Crippen LogP contribution in [0.5, 0.6) is 11.5 Å². The van der Waals surface area contributed by atoms with Gasteiger partial charge in [-0.1, -0.05) is 23.2 Å². The highest BCUT2D eigenvalue weighted by molar-refractivity contribution is 6.37. The molecule has 1 aromatic heterocycles. The van der Waals surface area contributed by atoms with Gasteiger partial charge < -0.3 is 20.5 Å². The molecule has 0 amide bonds. The lowest BCUT2D eigenvalue weighted by Crippen LogP contribution is -2.03. The molecule has 3 N–H and O–H groups in total. The highest BCUT2D eigenvalue weighted by Gasteiger charge is 2.16. The second-order valence-corrected chi connectivity index (χ2v) is 6.15. The van der Waals surface area contributed by atoms with E-state index >= 15 is 0 Å². The Hall–Kier alpha value is -2.88. The molecule has 0 saturated carbocycles. The molecule has 0 radical (unpaired) electrons. The number of aromatic nitrogens is 1. The van der Waals surface area contributed by atoms with E-state index < -0.39 is 0 Å². The Balaban J connectivity index is 2.25. The summed E-state index contributed by atoms with van der Waals surface area (Å²) in [6.07, 6.45) is 0. The number of anilines is 3. The summed E-state index contributed by atoms with van der Waals surface area (Å²) in [5, 5.41) is 14.1. The van der Waals surface area contributed by atoms with Crippen LogP contribution >= 0.6 is 23.2 Å². The van der Waals surface area contributed by atoms with E-state index in [0.29, 0.717) is 43.8 Å². The summed E-state index contributed by atoms with van der Waals surface area (Å²) in [5.41, 5.74) is 7.76. The van der Waals surface area contributed by atoms with Gasteiger partial charge in [0.2, 0.25) is 0 Å². The molecule has 0 unspecified atom stereocenters. The number of nitriles is 1. The summed E-state index contributed by atoms with van der Waals surface area (Å²) in [5.74, 6) is 1.18.